The number of hydrogen-bond donors (Lipinski definition) is 2. The first-order valence-electron chi connectivity index (χ1n) is 10.4. The highest BCUT2D eigenvalue weighted by Gasteiger charge is 2.29. The van der Waals surface area contributed by atoms with Gasteiger partial charge < -0.3 is 14.8 Å². The van der Waals surface area contributed by atoms with E-state index >= 15 is 0 Å². The molecule has 0 aliphatic rings. The van der Waals surface area contributed by atoms with Crippen LogP contribution in [0, 0.1) is 5.92 Å². The lowest BCUT2D eigenvalue weighted by Gasteiger charge is -2.15. The molecular formula is C26H22F3NO3. The number of carbonyl (C=O) groups is 1. The van der Waals surface area contributed by atoms with Gasteiger partial charge in [-0.2, -0.15) is 13.2 Å². The van der Waals surface area contributed by atoms with Crippen molar-refractivity contribution in [1.29, 1.82) is 0 Å². The van der Waals surface area contributed by atoms with Crippen molar-refractivity contribution in [3.05, 3.63) is 89.6 Å². The highest BCUT2D eigenvalue weighted by atomic mass is 19.4. The molecule has 0 saturated heterocycles. The van der Waals surface area contributed by atoms with Crippen LogP contribution in [-0.4, -0.2) is 16.1 Å². The topological polar surface area (TPSA) is 62.3 Å². The Labute approximate surface area is 188 Å². The number of halogens is 3. The SMILES string of the molecule is CC(Cc1ccc(OCc2ccc(C(F)(F)F)cc2)c(-c2ccc3[nH]ccc3c2)c1)C(=O)O. The van der Waals surface area contributed by atoms with Gasteiger partial charge in [-0.15, -0.1) is 0 Å². The second-order valence-corrected chi connectivity index (χ2v) is 8.04. The van der Waals surface area contributed by atoms with Gasteiger partial charge in [-0.1, -0.05) is 31.2 Å². The van der Waals surface area contributed by atoms with Gasteiger partial charge in [0.15, 0.2) is 0 Å². The molecule has 0 aliphatic carbocycles. The Hall–Kier alpha value is -3.74. The summed E-state index contributed by atoms with van der Waals surface area (Å²) >= 11 is 0. The molecule has 2 N–H and O–H groups in total. The van der Waals surface area contributed by atoms with Gasteiger partial charge in [0.05, 0.1) is 11.5 Å². The molecule has 0 saturated carbocycles. The number of hydrogen-bond acceptors (Lipinski definition) is 2. The molecule has 0 bridgehead atoms. The number of ether oxygens (including phenoxy) is 1. The molecule has 33 heavy (non-hydrogen) atoms. The largest absolute Gasteiger partial charge is 0.488 e. The van der Waals surface area contributed by atoms with Crippen molar-refractivity contribution in [2.45, 2.75) is 26.1 Å². The van der Waals surface area contributed by atoms with Crippen molar-refractivity contribution in [2.24, 2.45) is 5.92 Å². The van der Waals surface area contributed by atoms with Crippen LogP contribution >= 0.6 is 0 Å². The van der Waals surface area contributed by atoms with Crippen LogP contribution in [-0.2, 0) is 24.0 Å². The minimum absolute atomic E-state index is 0.0996. The number of benzene rings is 3. The minimum Gasteiger partial charge on any atom is -0.488 e. The van der Waals surface area contributed by atoms with E-state index in [1.807, 2.05) is 42.6 Å². The highest BCUT2D eigenvalue weighted by molar-refractivity contribution is 5.86. The highest BCUT2D eigenvalue weighted by Crippen LogP contribution is 2.34. The van der Waals surface area contributed by atoms with Crippen LogP contribution < -0.4 is 4.74 Å². The van der Waals surface area contributed by atoms with Crippen molar-refractivity contribution in [1.82, 2.24) is 4.98 Å². The van der Waals surface area contributed by atoms with E-state index in [1.165, 1.54) is 12.1 Å². The summed E-state index contributed by atoms with van der Waals surface area (Å²) < 4.78 is 44.4. The van der Waals surface area contributed by atoms with Crippen LogP contribution in [0.15, 0.2) is 72.9 Å². The van der Waals surface area contributed by atoms with Gasteiger partial charge in [-0.25, -0.2) is 0 Å². The first-order chi connectivity index (χ1) is 15.7. The zero-order valence-corrected chi connectivity index (χ0v) is 17.8. The van der Waals surface area contributed by atoms with E-state index in [0.717, 1.165) is 39.7 Å². The maximum absolute atomic E-state index is 12.8. The Kier molecular flexibility index (Phi) is 6.14. The van der Waals surface area contributed by atoms with Crippen LogP contribution in [0.25, 0.3) is 22.0 Å². The maximum Gasteiger partial charge on any atom is 0.416 e. The predicted molar refractivity (Wildman–Crippen MR) is 120 cm³/mol. The molecule has 1 unspecified atom stereocenters. The molecule has 4 rings (SSSR count). The van der Waals surface area contributed by atoms with Gasteiger partial charge in [0.25, 0.3) is 0 Å². The summed E-state index contributed by atoms with van der Waals surface area (Å²) in [6.45, 7) is 1.76. The zero-order chi connectivity index (χ0) is 23.6. The number of alkyl halides is 3. The summed E-state index contributed by atoms with van der Waals surface area (Å²) in [6.07, 6.45) is -2.16. The molecule has 0 radical (unpaired) electrons. The van der Waals surface area contributed by atoms with Crippen molar-refractivity contribution < 1.29 is 27.8 Å². The third-order valence-corrected chi connectivity index (χ3v) is 5.55. The Bertz CT molecular complexity index is 1280. The van der Waals surface area contributed by atoms with E-state index in [1.54, 1.807) is 13.0 Å². The molecular weight excluding hydrogens is 431 g/mol. The molecule has 1 heterocycles. The average Bonchev–Trinajstić information content (AvgIpc) is 3.25. The van der Waals surface area contributed by atoms with Crippen molar-refractivity contribution >= 4 is 16.9 Å². The first-order valence-corrected chi connectivity index (χ1v) is 10.4. The molecule has 7 heteroatoms. The van der Waals surface area contributed by atoms with E-state index in [4.69, 9.17) is 4.74 Å². The average molecular weight is 453 g/mol. The normalized spacial score (nSPS) is 12.6. The number of nitrogens with one attached hydrogen (secondary N) is 1. The summed E-state index contributed by atoms with van der Waals surface area (Å²) in [5.41, 5.74) is 3.44. The van der Waals surface area contributed by atoms with Crippen molar-refractivity contribution in [3.63, 3.8) is 0 Å². The number of rotatable bonds is 7. The number of H-pyrrole nitrogens is 1. The van der Waals surface area contributed by atoms with Crippen LogP contribution in [0.4, 0.5) is 13.2 Å². The number of aliphatic carboxylic acids is 1. The quantitative estimate of drug-likeness (QED) is 0.327. The Morgan fingerprint density at radius 1 is 1.00 bits per heavy atom. The number of carboxylic acids is 1. The van der Waals surface area contributed by atoms with Crippen LogP contribution in [0.5, 0.6) is 5.75 Å². The lowest BCUT2D eigenvalue weighted by molar-refractivity contribution is -0.141. The zero-order valence-electron chi connectivity index (χ0n) is 17.8. The van der Waals surface area contributed by atoms with Gasteiger partial charge >= 0.3 is 12.1 Å². The van der Waals surface area contributed by atoms with Gasteiger partial charge in [-0.3, -0.25) is 4.79 Å². The molecule has 0 aliphatic heterocycles. The lowest BCUT2D eigenvalue weighted by Crippen LogP contribution is -2.12. The third kappa shape index (κ3) is 5.19. The standard InChI is InChI=1S/C26H22F3NO3/c1-16(25(31)32)12-18-4-9-24(33-15-17-2-6-21(7-3-17)26(27,28)29)22(13-18)19-5-8-23-20(14-19)10-11-30-23/h2-11,13-14,16,30H,12,15H2,1H3,(H,31,32). The van der Waals surface area contributed by atoms with Crippen molar-refractivity contribution in [3.8, 4) is 16.9 Å². The number of aromatic amines is 1. The summed E-state index contributed by atoms with van der Waals surface area (Å²) in [5.74, 6) is -0.839. The summed E-state index contributed by atoms with van der Waals surface area (Å²) in [7, 11) is 0. The fourth-order valence-corrected chi connectivity index (χ4v) is 3.67. The molecule has 4 nitrogen and oxygen atoms in total. The molecule has 0 amide bonds. The summed E-state index contributed by atoms with van der Waals surface area (Å²) in [6, 6.07) is 18.3. The molecule has 0 spiro atoms. The molecule has 4 aromatic rings. The fraction of sp³-hybridized carbons (Fsp3) is 0.192. The molecule has 1 atom stereocenters. The maximum atomic E-state index is 12.8. The third-order valence-electron chi connectivity index (χ3n) is 5.55. The second-order valence-electron chi connectivity index (χ2n) is 8.04. The number of fused-ring (bicyclic) bond motifs is 1. The van der Waals surface area contributed by atoms with E-state index in [-0.39, 0.29) is 6.61 Å². The number of carboxylic acid groups (broad SMARTS) is 1. The van der Waals surface area contributed by atoms with Crippen LogP contribution in [0.3, 0.4) is 0 Å². The van der Waals surface area contributed by atoms with E-state index in [2.05, 4.69) is 4.98 Å². The fourth-order valence-electron chi connectivity index (χ4n) is 3.67. The van der Waals surface area contributed by atoms with E-state index in [9.17, 15) is 23.1 Å². The molecule has 1 aromatic heterocycles. The summed E-state index contributed by atoms with van der Waals surface area (Å²) in [4.78, 5) is 14.4. The molecule has 170 valence electrons. The molecule has 3 aromatic carbocycles. The minimum atomic E-state index is -4.38. The van der Waals surface area contributed by atoms with E-state index in [0.29, 0.717) is 17.7 Å². The second kappa shape index (κ2) is 9.02. The number of aromatic nitrogens is 1. The van der Waals surface area contributed by atoms with Gasteiger partial charge in [0.2, 0.25) is 0 Å². The van der Waals surface area contributed by atoms with Crippen LogP contribution in [0.2, 0.25) is 0 Å². The lowest BCUT2D eigenvalue weighted by atomic mass is 9.96. The smallest absolute Gasteiger partial charge is 0.416 e. The summed E-state index contributed by atoms with van der Waals surface area (Å²) in [5, 5.41) is 10.3. The monoisotopic (exact) mass is 453 g/mol. The Balaban J connectivity index is 1.64. The van der Waals surface area contributed by atoms with Gasteiger partial charge in [-0.05, 0) is 71.0 Å². The van der Waals surface area contributed by atoms with Gasteiger partial charge in [0, 0.05) is 17.3 Å². The molecule has 0 fully saturated rings. The van der Waals surface area contributed by atoms with E-state index < -0.39 is 23.6 Å². The van der Waals surface area contributed by atoms with Gasteiger partial charge in [0.1, 0.15) is 12.4 Å². The first kappa shape index (κ1) is 22.5. The predicted octanol–water partition coefficient (Wildman–Crippen LogP) is 6.70. The Morgan fingerprint density at radius 2 is 1.73 bits per heavy atom. The van der Waals surface area contributed by atoms with Crippen LogP contribution in [0.1, 0.15) is 23.6 Å². The van der Waals surface area contributed by atoms with Crippen molar-refractivity contribution in [2.75, 3.05) is 0 Å². The Morgan fingerprint density at radius 3 is 2.42 bits per heavy atom.